The number of thiazole rings is 1. The topological polar surface area (TPSA) is 79.1 Å². The quantitative estimate of drug-likeness (QED) is 0.446. The molecule has 1 aromatic heterocycles. The molecule has 0 aliphatic carbocycles. The summed E-state index contributed by atoms with van der Waals surface area (Å²) >= 11 is 13.8. The molecule has 3 aromatic rings. The van der Waals surface area contributed by atoms with Crippen LogP contribution in [0.1, 0.15) is 31.0 Å². The van der Waals surface area contributed by atoms with Gasteiger partial charge in [-0.1, -0.05) is 46.7 Å². The van der Waals surface area contributed by atoms with E-state index in [4.69, 9.17) is 37.4 Å². The molecule has 2 heterocycles. The number of carbonyl (C=O) groups excluding carboxylic acids is 1. The van der Waals surface area contributed by atoms with Crippen molar-refractivity contribution in [2.24, 2.45) is 4.99 Å². The van der Waals surface area contributed by atoms with Crippen LogP contribution in [-0.2, 0) is 9.53 Å². The van der Waals surface area contributed by atoms with Gasteiger partial charge >= 0.3 is 5.97 Å². The van der Waals surface area contributed by atoms with Gasteiger partial charge in [-0.3, -0.25) is 9.36 Å². The number of esters is 1. The summed E-state index contributed by atoms with van der Waals surface area (Å²) in [4.78, 5) is 31.6. The number of rotatable bonds is 6. The van der Waals surface area contributed by atoms with Crippen LogP contribution in [0.15, 0.2) is 57.5 Å². The molecule has 0 saturated heterocycles. The summed E-state index contributed by atoms with van der Waals surface area (Å²) < 4.78 is 17.7. The van der Waals surface area contributed by atoms with Gasteiger partial charge in [-0.25, -0.2) is 9.79 Å². The van der Waals surface area contributed by atoms with Gasteiger partial charge in [-0.05, 0) is 55.3 Å². The molecule has 0 N–H and O–H groups in total. The summed E-state index contributed by atoms with van der Waals surface area (Å²) in [5, 5.41) is 0.658. The Balaban J connectivity index is 1.93. The number of aromatic nitrogens is 1. The first-order chi connectivity index (χ1) is 16.8. The summed E-state index contributed by atoms with van der Waals surface area (Å²) in [6, 6.07) is 9.83. The Bertz CT molecular complexity index is 1480. The second-order valence-electron chi connectivity index (χ2n) is 7.59. The van der Waals surface area contributed by atoms with Crippen LogP contribution in [0, 0.1) is 0 Å². The Kier molecular flexibility index (Phi) is 7.35. The van der Waals surface area contributed by atoms with Crippen LogP contribution in [0.3, 0.4) is 0 Å². The van der Waals surface area contributed by atoms with Crippen LogP contribution in [0.4, 0.5) is 0 Å². The summed E-state index contributed by atoms with van der Waals surface area (Å²) in [7, 11) is 3.05. The molecule has 1 aliphatic heterocycles. The normalized spacial score (nSPS) is 15.5. The Labute approximate surface area is 215 Å². The van der Waals surface area contributed by atoms with Crippen LogP contribution in [0.25, 0.3) is 6.08 Å². The fraction of sp³-hybridized carbons (Fsp3) is 0.240. The zero-order valence-corrected chi connectivity index (χ0v) is 21.8. The number of halogens is 2. The molecule has 1 atom stereocenters. The molecule has 0 saturated carbocycles. The van der Waals surface area contributed by atoms with Gasteiger partial charge in [0.15, 0.2) is 10.6 Å². The third-order valence-electron chi connectivity index (χ3n) is 5.47. The maximum Gasteiger partial charge on any atom is 0.338 e. The predicted octanol–water partition coefficient (Wildman–Crippen LogP) is 4.12. The first-order valence-electron chi connectivity index (χ1n) is 10.7. The average Bonchev–Trinajstić information content (AvgIpc) is 3.12. The van der Waals surface area contributed by atoms with Crippen molar-refractivity contribution in [2.75, 3.05) is 20.8 Å². The lowest BCUT2D eigenvalue weighted by molar-refractivity contribution is -0.139. The van der Waals surface area contributed by atoms with Gasteiger partial charge in [0.1, 0.15) is 5.75 Å². The summed E-state index contributed by atoms with van der Waals surface area (Å²) in [6.45, 7) is 3.67. The lowest BCUT2D eigenvalue weighted by atomic mass is 9.96. The zero-order chi connectivity index (χ0) is 25.3. The largest absolute Gasteiger partial charge is 0.497 e. The Morgan fingerprint density at radius 2 is 1.80 bits per heavy atom. The van der Waals surface area contributed by atoms with Gasteiger partial charge < -0.3 is 14.2 Å². The van der Waals surface area contributed by atoms with E-state index in [1.165, 1.54) is 23.0 Å². The van der Waals surface area contributed by atoms with Gasteiger partial charge in [0.2, 0.25) is 0 Å². The van der Waals surface area contributed by atoms with Crippen LogP contribution < -0.4 is 24.4 Å². The van der Waals surface area contributed by atoms with Crippen molar-refractivity contribution in [3.8, 4) is 11.5 Å². The van der Waals surface area contributed by atoms with Crippen molar-refractivity contribution in [1.82, 2.24) is 4.57 Å². The molecular formula is C25H22Cl2N2O5S. The highest BCUT2D eigenvalue weighted by molar-refractivity contribution is 7.07. The van der Waals surface area contributed by atoms with Gasteiger partial charge in [0, 0.05) is 0 Å². The number of nitrogens with zero attached hydrogens (tertiary/aromatic N) is 2. The summed E-state index contributed by atoms with van der Waals surface area (Å²) in [5.41, 5.74) is 1.87. The van der Waals surface area contributed by atoms with E-state index in [0.29, 0.717) is 47.7 Å². The molecule has 7 nitrogen and oxygen atoms in total. The molecule has 1 aliphatic rings. The highest BCUT2D eigenvalue weighted by atomic mass is 35.5. The first kappa shape index (κ1) is 25.0. The van der Waals surface area contributed by atoms with Gasteiger partial charge in [-0.15, -0.1) is 0 Å². The van der Waals surface area contributed by atoms with Crippen molar-refractivity contribution >= 4 is 46.6 Å². The lowest BCUT2D eigenvalue weighted by Gasteiger charge is -2.24. The summed E-state index contributed by atoms with van der Waals surface area (Å²) in [5.74, 6) is 0.506. The van der Waals surface area contributed by atoms with Crippen molar-refractivity contribution in [3.05, 3.63) is 88.5 Å². The van der Waals surface area contributed by atoms with E-state index >= 15 is 0 Å². The number of ether oxygens (including phenoxy) is 3. The molecule has 0 radical (unpaired) electrons. The minimum Gasteiger partial charge on any atom is -0.497 e. The highest BCUT2D eigenvalue weighted by Gasteiger charge is 2.33. The average molecular weight is 533 g/mol. The van der Waals surface area contributed by atoms with E-state index in [2.05, 4.69) is 4.99 Å². The molecule has 0 unspecified atom stereocenters. The SMILES string of the molecule is CCOC(=O)C1=C(C)N=c2s/c(=C\c3cc(Cl)c(OC)c(Cl)c3)c(=O)n2[C@@H]1c1ccc(OC)cc1. The van der Waals surface area contributed by atoms with Crippen molar-refractivity contribution in [1.29, 1.82) is 0 Å². The van der Waals surface area contributed by atoms with Crippen molar-refractivity contribution in [2.45, 2.75) is 19.9 Å². The molecule has 182 valence electrons. The molecule has 0 spiro atoms. The first-order valence-corrected chi connectivity index (χ1v) is 12.2. The number of hydrogen-bond acceptors (Lipinski definition) is 7. The van der Waals surface area contributed by atoms with Crippen LogP contribution >= 0.6 is 34.5 Å². The van der Waals surface area contributed by atoms with E-state index in [-0.39, 0.29) is 12.2 Å². The van der Waals surface area contributed by atoms with Crippen LogP contribution in [-0.4, -0.2) is 31.4 Å². The molecule has 0 amide bonds. The molecule has 0 bridgehead atoms. The molecular weight excluding hydrogens is 511 g/mol. The monoisotopic (exact) mass is 532 g/mol. The molecule has 10 heteroatoms. The van der Waals surface area contributed by atoms with E-state index in [1.807, 2.05) is 12.1 Å². The number of fused-ring (bicyclic) bond motifs is 1. The van der Waals surface area contributed by atoms with Crippen molar-refractivity contribution in [3.63, 3.8) is 0 Å². The van der Waals surface area contributed by atoms with E-state index in [1.54, 1.807) is 51.3 Å². The van der Waals surface area contributed by atoms with Crippen LogP contribution in [0.2, 0.25) is 10.0 Å². The van der Waals surface area contributed by atoms with E-state index in [9.17, 15) is 9.59 Å². The number of benzene rings is 2. The zero-order valence-electron chi connectivity index (χ0n) is 19.4. The van der Waals surface area contributed by atoms with Gasteiger partial charge in [0.05, 0.1) is 52.7 Å². The standard InChI is InChI=1S/C25H22Cl2N2O5S/c1-5-34-24(31)20-13(2)28-25-29(21(20)15-6-8-16(32-3)9-7-15)23(30)19(35-25)12-14-10-17(26)22(33-4)18(27)11-14/h6-12,21H,5H2,1-4H3/b19-12-/t21-/m1/s1. The number of carbonyl (C=O) groups is 1. The maximum atomic E-state index is 13.6. The lowest BCUT2D eigenvalue weighted by Crippen LogP contribution is -2.39. The van der Waals surface area contributed by atoms with Crippen LogP contribution in [0.5, 0.6) is 11.5 Å². The highest BCUT2D eigenvalue weighted by Crippen LogP contribution is 2.34. The number of hydrogen-bond donors (Lipinski definition) is 0. The Hall–Kier alpha value is -3.07. The third-order valence-corrected chi connectivity index (χ3v) is 7.02. The van der Waals surface area contributed by atoms with Gasteiger partial charge in [-0.2, -0.15) is 0 Å². The van der Waals surface area contributed by atoms with E-state index in [0.717, 1.165) is 5.56 Å². The molecule has 0 fully saturated rings. The minimum absolute atomic E-state index is 0.203. The number of allylic oxidation sites excluding steroid dienone is 1. The predicted molar refractivity (Wildman–Crippen MR) is 136 cm³/mol. The fourth-order valence-electron chi connectivity index (χ4n) is 3.90. The minimum atomic E-state index is -0.707. The van der Waals surface area contributed by atoms with Crippen molar-refractivity contribution < 1.29 is 19.0 Å². The summed E-state index contributed by atoms with van der Waals surface area (Å²) in [6.07, 6.45) is 1.69. The third kappa shape index (κ3) is 4.74. The second-order valence-corrected chi connectivity index (χ2v) is 9.42. The maximum absolute atomic E-state index is 13.6. The Morgan fingerprint density at radius 3 is 2.37 bits per heavy atom. The van der Waals surface area contributed by atoms with E-state index < -0.39 is 12.0 Å². The number of methoxy groups -OCH3 is 2. The fourth-order valence-corrected chi connectivity index (χ4v) is 5.61. The second kappa shape index (κ2) is 10.3. The van der Waals surface area contributed by atoms with Gasteiger partial charge in [0.25, 0.3) is 5.56 Å². The molecule has 4 rings (SSSR count). The molecule has 2 aromatic carbocycles. The Morgan fingerprint density at radius 1 is 1.14 bits per heavy atom. The molecule has 35 heavy (non-hydrogen) atoms. The smallest absolute Gasteiger partial charge is 0.338 e.